The first-order valence-corrected chi connectivity index (χ1v) is 13.1. The fourth-order valence-corrected chi connectivity index (χ4v) is 5.64. The van der Waals surface area contributed by atoms with Gasteiger partial charge in [0.25, 0.3) is 5.56 Å². The van der Waals surface area contributed by atoms with Crippen molar-refractivity contribution in [1.29, 1.82) is 0 Å². The Morgan fingerprint density at radius 2 is 1.80 bits per heavy atom. The molecule has 0 bridgehead atoms. The van der Waals surface area contributed by atoms with Crippen LogP contribution in [0.5, 0.6) is 5.75 Å². The highest BCUT2D eigenvalue weighted by molar-refractivity contribution is 6.35. The topological polar surface area (TPSA) is 57.9 Å². The van der Waals surface area contributed by atoms with Gasteiger partial charge in [0, 0.05) is 49.7 Å². The predicted molar refractivity (Wildman–Crippen MR) is 140 cm³/mol. The standard InChI is InChI=1S/C28H34ClN3O3/c1-2-30-13-10-23(11-14-30)35-24-7-8-25-26(15-24)27(29)19-32(28(25)34)18-22(33)17-31-12-9-20-5-3-4-6-21(20)16-31/h3-8,15,19,22-23,33H,2,9-14,16-18H2,1H3/t22-/m1/s1. The van der Waals surface area contributed by atoms with Crippen molar-refractivity contribution in [3.63, 3.8) is 0 Å². The number of piperidine rings is 1. The fourth-order valence-electron chi connectivity index (χ4n) is 5.36. The summed E-state index contributed by atoms with van der Waals surface area (Å²) in [6.45, 7) is 7.80. The third kappa shape index (κ3) is 5.56. The van der Waals surface area contributed by atoms with E-state index in [1.807, 2.05) is 12.1 Å². The van der Waals surface area contributed by atoms with Crippen LogP contribution in [0.25, 0.3) is 10.8 Å². The highest BCUT2D eigenvalue weighted by Crippen LogP contribution is 2.27. The highest BCUT2D eigenvalue weighted by Gasteiger charge is 2.21. The summed E-state index contributed by atoms with van der Waals surface area (Å²) < 4.78 is 7.75. The molecule has 1 atom stereocenters. The van der Waals surface area contributed by atoms with Gasteiger partial charge in [-0.3, -0.25) is 9.69 Å². The minimum Gasteiger partial charge on any atom is -0.490 e. The summed E-state index contributed by atoms with van der Waals surface area (Å²) in [5, 5.41) is 12.5. The molecule has 6 nitrogen and oxygen atoms in total. The molecule has 5 rings (SSSR count). The third-order valence-electron chi connectivity index (χ3n) is 7.38. The van der Waals surface area contributed by atoms with Crippen LogP contribution in [0, 0.1) is 0 Å². The number of rotatable bonds is 7. The number of nitrogens with zero attached hydrogens (tertiary/aromatic N) is 3. The Hall–Kier alpha value is -2.38. The third-order valence-corrected chi connectivity index (χ3v) is 7.68. The van der Waals surface area contributed by atoms with Crippen LogP contribution >= 0.6 is 11.6 Å². The summed E-state index contributed by atoms with van der Waals surface area (Å²) >= 11 is 6.60. The summed E-state index contributed by atoms with van der Waals surface area (Å²) in [5.41, 5.74) is 2.55. The van der Waals surface area contributed by atoms with Crippen LogP contribution in [0.3, 0.4) is 0 Å². The lowest BCUT2D eigenvalue weighted by molar-refractivity contribution is 0.0911. The minimum absolute atomic E-state index is 0.143. The number of hydrogen-bond donors (Lipinski definition) is 1. The molecule has 2 aliphatic rings. The number of pyridine rings is 1. The van der Waals surface area contributed by atoms with Crippen molar-refractivity contribution >= 4 is 22.4 Å². The molecular formula is C28H34ClN3O3. The van der Waals surface area contributed by atoms with Gasteiger partial charge in [-0.1, -0.05) is 42.8 Å². The van der Waals surface area contributed by atoms with Gasteiger partial charge in [0.2, 0.25) is 0 Å². The van der Waals surface area contributed by atoms with Crippen LogP contribution in [-0.2, 0) is 19.5 Å². The average molecular weight is 496 g/mol. The Bertz CT molecular complexity index is 1240. The summed E-state index contributed by atoms with van der Waals surface area (Å²) in [4.78, 5) is 17.8. The van der Waals surface area contributed by atoms with E-state index in [0.29, 0.717) is 22.3 Å². The normalized spacial score (nSPS) is 18.5. The number of fused-ring (bicyclic) bond motifs is 2. The zero-order valence-corrected chi connectivity index (χ0v) is 21.1. The molecule has 0 aliphatic carbocycles. The molecule has 1 N–H and O–H groups in total. The summed E-state index contributed by atoms with van der Waals surface area (Å²) in [7, 11) is 0. The van der Waals surface area contributed by atoms with Crippen LogP contribution in [-0.4, -0.2) is 64.4 Å². The van der Waals surface area contributed by atoms with Crippen LogP contribution in [0.15, 0.2) is 53.5 Å². The fraction of sp³-hybridized carbons (Fsp3) is 0.464. The molecule has 1 fully saturated rings. The van der Waals surface area contributed by atoms with Crippen molar-refractivity contribution in [3.05, 3.63) is 75.2 Å². The van der Waals surface area contributed by atoms with Gasteiger partial charge in [0.1, 0.15) is 11.9 Å². The summed E-state index contributed by atoms with van der Waals surface area (Å²) in [6, 6.07) is 14.0. The number of benzene rings is 2. The number of aliphatic hydroxyl groups is 1. The van der Waals surface area contributed by atoms with Crippen LogP contribution < -0.4 is 10.3 Å². The van der Waals surface area contributed by atoms with E-state index in [-0.39, 0.29) is 18.2 Å². The first-order chi connectivity index (χ1) is 17.0. The van der Waals surface area contributed by atoms with Crippen molar-refractivity contribution in [2.75, 3.05) is 32.7 Å². The van der Waals surface area contributed by atoms with E-state index in [2.05, 4.69) is 41.0 Å². The Morgan fingerprint density at radius 1 is 1.03 bits per heavy atom. The molecule has 0 amide bonds. The Kier molecular flexibility index (Phi) is 7.44. The van der Waals surface area contributed by atoms with E-state index < -0.39 is 6.10 Å². The second-order valence-corrected chi connectivity index (χ2v) is 10.2. The van der Waals surface area contributed by atoms with Gasteiger partial charge in [-0.2, -0.15) is 0 Å². The van der Waals surface area contributed by atoms with Crippen molar-refractivity contribution in [2.24, 2.45) is 0 Å². The second kappa shape index (κ2) is 10.7. The molecule has 0 radical (unpaired) electrons. The quantitative estimate of drug-likeness (QED) is 0.538. The Balaban J connectivity index is 1.26. The van der Waals surface area contributed by atoms with Crippen LogP contribution in [0.1, 0.15) is 30.9 Å². The van der Waals surface area contributed by atoms with Gasteiger partial charge >= 0.3 is 0 Å². The maximum Gasteiger partial charge on any atom is 0.258 e. The number of halogens is 1. The highest BCUT2D eigenvalue weighted by atomic mass is 35.5. The molecule has 7 heteroatoms. The van der Waals surface area contributed by atoms with Gasteiger partial charge in [-0.25, -0.2) is 0 Å². The van der Waals surface area contributed by atoms with Crippen molar-refractivity contribution in [1.82, 2.24) is 14.4 Å². The molecule has 3 aromatic rings. The van der Waals surface area contributed by atoms with Crippen LogP contribution in [0.4, 0.5) is 0 Å². The number of hydrogen-bond acceptors (Lipinski definition) is 5. The average Bonchev–Trinajstić information content (AvgIpc) is 2.87. The first-order valence-electron chi connectivity index (χ1n) is 12.7. The van der Waals surface area contributed by atoms with Gasteiger partial charge in [0.15, 0.2) is 0 Å². The molecule has 1 saturated heterocycles. The molecule has 0 spiro atoms. The predicted octanol–water partition coefficient (Wildman–Crippen LogP) is 3.94. The van der Waals surface area contributed by atoms with Crippen molar-refractivity contribution in [2.45, 2.75) is 51.5 Å². The first kappa shape index (κ1) is 24.3. The molecule has 3 heterocycles. The monoisotopic (exact) mass is 495 g/mol. The van der Waals surface area contributed by atoms with Gasteiger partial charge in [-0.15, -0.1) is 0 Å². The molecule has 186 valence electrons. The summed E-state index contributed by atoms with van der Waals surface area (Å²) in [6.07, 6.45) is 4.15. The minimum atomic E-state index is -0.664. The van der Waals surface area contributed by atoms with Gasteiger partial charge in [-0.05, 0) is 55.1 Å². The molecule has 1 aromatic heterocycles. The number of likely N-dealkylation sites (tertiary alicyclic amines) is 1. The maximum atomic E-state index is 13.2. The second-order valence-electron chi connectivity index (χ2n) is 9.80. The maximum absolute atomic E-state index is 13.2. The van der Waals surface area contributed by atoms with E-state index in [1.54, 1.807) is 12.3 Å². The van der Waals surface area contributed by atoms with E-state index in [0.717, 1.165) is 57.7 Å². The summed E-state index contributed by atoms with van der Waals surface area (Å²) in [5.74, 6) is 0.747. The number of β-amino-alcohol motifs (C(OH)–C–C–N with tert-alkyl or cyclic N) is 1. The molecule has 0 saturated carbocycles. The van der Waals surface area contributed by atoms with Crippen molar-refractivity contribution in [3.8, 4) is 5.75 Å². The van der Waals surface area contributed by atoms with E-state index in [9.17, 15) is 9.90 Å². The lowest BCUT2D eigenvalue weighted by Crippen LogP contribution is -2.39. The van der Waals surface area contributed by atoms with Crippen molar-refractivity contribution < 1.29 is 9.84 Å². The molecular weight excluding hydrogens is 462 g/mol. The lowest BCUT2D eigenvalue weighted by Gasteiger charge is -2.31. The molecule has 0 unspecified atom stereocenters. The van der Waals surface area contributed by atoms with Gasteiger partial charge in [0.05, 0.1) is 17.7 Å². The SMILES string of the molecule is CCN1CCC(Oc2ccc3c(=O)n(C[C@H](O)CN4CCc5ccccc5C4)cc(Cl)c3c2)CC1. The smallest absolute Gasteiger partial charge is 0.258 e. The van der Waals surface area contributed by atoms with E-state index >= 15 is 0 Å². The molecule has 2 aliphatic heterocycles. The lowest BCUT2D eigenvalue weighted by atomic mass is 10.00. The Morgan fingerprint density at radius 3 is 2.57 bits per heavy atom. The Labute approximate surface area is 211 Å². The number of aliphatic hydroxyl groups excluding tert-OH is 1. The molecule has 35 heavy (non-hydrogen) atoms. The number of aromatic nitrogens is 1. The van der Waals surface area contributed by atoms with E-state index in [1.165, 1.54) is 15.7 Å². The number of ether oxygens (including phenoxy) is 1. The zero-order chi connectivity index (χ0) is 24.4. The zero-order valence-electron chi connectivity index (χ0n) is 20.3. The van der Waals surface area contributed by atoms with E-state index in [4.69, 9.17) is 16.3 Å². The molecule has 2 aromatic carbocycles. The largest absolute Gasteiger partial charge is 0.490 e. The van der Waals surface area contributed by atoms with Gasteiger partial charge < -0.3 is 19.3 Å². The van der Waals surface area contributed by atoms with Crippen LogP contribution in [0.2, 0.25) is 5.02 Å².